The van der Waals surface area contributed by atoms with Gasteiger partial charge in [-0.15, -0.1) is 0 Å². The summed E-state index contributed by atoms with van der Waals surface area (Å²) in [5.41, 5.74) is 1.36. The second kappa shape index (κ2) is 7.66. The van der Waals surface area contributed by atoms with Crippen LogP contribution in [0.15, 0.2) is 42.5 Å². The Kier molecular flexibility index (Phi) is 5.34. The lowest BCUT2D eigenvalue weighted by Crippen LogP contribution is -2.23. The molecule has 3 rings (SSSR count). The molecule has 0 aliphatic carbocycles. The predicted molar refractivity (Wildman–Crippen MR) is 91.6 cm³/mol. The van der Waals surface area contributed by atoms with Crippen LogP contribution in [0, 0.1) is 5.82 Å². The molecule has 25 heavy (non-hydrogen) atoms. The topological polar surface area (TPSA) is 46.6 Å². The summed E-state index contributed by atoms with van der Waals surface area (Å²) < 4.78 is 18.9. The molecule has 1 aliphatic rings. The Morgan fingerprint density at radius 3 is 2.76 bits per heavy atom. The van der Waals surface area contributed by atoms with Gasteiger partial charge in [0.05, 0.1) is 10.6 Å². The van der Waals surface area contributed by atoms with E-state index < -0.39 is 11.8 Å². The summed E-state index contributed by atoms with van der Waals surface area (Å²) in [6.07, 6.45) is 1.44. The van der Waals surface area contributed by atoms with E-state index in [9.17, 15) is 14.0 Å². The molecule has 1 heterocycles. The van der Waals surface area contributed by atoms with Crippen LogP contribution in [0.3, 0.4) is 0 Å². The minimum absolute atomic E-state index is 0.127. The number of carbonyl (C=O) groups excluding carboxylic acids is 2. The van der Waals surface area contributed by atoms with Gasteiger partial charge < -0.3 is 9.64 Å². The maximum Gasteiger partial charge on any atom is 0.338 e. The smallest absolute Gasteiger partial charge is 0.338 e. The third-order valence-corrected chi connectivity index (χ3v) is 4.47. The second-order valence-corrected chi connectivity index (χ2v) is 6.30. The van der Waals surface area contributed by atoms with Gasteiger partial charge in [-0.05, 0) is 36.2 Å². The van der Waals surface area contributed by atoms with Crippen LogP contribution in [0.4, 0.5) is 4.39 Å². The van der Waals surface area contributed by atoms with Crippen molar-refractivity contribution in [2.45, 2.75) is 26.0 Å². The number of nitrogens with zero attached hydrogens (tertiary/aromatic N) is 1. The van der Waals surface area contributed by atoms with Crippen LogP contribution in [-0.2, 0) is 22.7 Å². The monoisotopic (exact) mass is 361 g/mol. The number of amides is 1. The number of halogens is 2. The van der Waals surface area contributed by atoms with E-state index in [4.69, 9.17) is 16.3 Å². The fourth-order valence-corrected chi connectivity index (χ4v) is 3.00. The average Bonchev–Trinajstić information content (AvgIpc) is 2.99. The summed E-state index contributed by atoms with van der Waals surface area (Å²) in [4.78, 5) is 25.7. The van der Waals surface area contributed by atoms with Gasteiger partial charge in [0.15, 0.2) is 0 Å². The Morgan fingerprint density at radius 2 is 2.04 bits per heavy atom. The highest BCUT2D eigenvalue weighted by atomic mass is 35.5. The molecule has 1 fully saturated rings. The molecule has 0 spiro atoms. The van der Waals surface area contributed by atoms with E-state index in [-0.39, 0.29) is 23.1 Å². The molecule has 0 atom stereocenters. The Balaban J connectivity index is 1.66. The van der Waals surface area contributed by atoms with Crippen molar-refractivity contribution >= 4 is 23.5 Å². The maximum absolute atomic E-state index is 13.7. The SMILES string of the molecule is O=C(OCc1c(F)cccc1Cl)c1cccc(CN2CCCC2=O)c1. The summed E-state index contributed by atoms with van der Waals surface area (Å²) in [6.45, 7) is 0.970. The normalized spacial score (nSPS) is 14.0. The summed E-state index contributed by atoms with van der Waals surface area (Å²) in [6, 6.07) is 11.2. The molecule has 0 N–H and O–H groups in total. The van der Waals surface area contributed by atoms with E-state index in [1.807, 2.05) is 6.07 Å². The van der Waals surface area contributed by atoms with E-state index in [1.165, 1.54) is 12.1 Å². The minimum Gasteiger partial charge on any atom is -0.457 e. The summed E-state index contributed by atoms with van der Waals surface area (Å²) in [5, 5.41) is 0.217. The third kappa shape index (κ3) is 4.17. The Labute approximate surface area is 150 Å². The maximum atomic E-state index is 13.7. The van der Waals surface area contributed by atoms with Crippen molar-refractivity contribution in [3.8, 4) is 0 Å². The number of likely N-dealkylation sites (tertiary alicyclic amines) is 1. The van der Waals surface area contributed by atoms with Crippen LogP contribution < -0.4 is 0 Å². The lowest BCUT2D eigenvalue weighted by atomic mass is 10.1. The number of hydrogen-bond acceptors (Lipinski definition) is 3. The lowest BCUT2D eigenvalue weighted by molar-refractivity contribution is -0.128. The first kappa shape index (κ1) is 17.4. The molecule has 0 aromatic heterocycles. The van der Waals surface area contributed by atoms with Gasteiger partial charge in [-0.1, -0.05) is 29.8 Å². The summed E-state index contributed by atoms with van der Waals surface area (Å²) >= 11 is 5.92. The number of esters is 1. The van der Waals surface area contributed by atoms with Crippen molar-refractivity contribution < 1.29 is 18.7 Å². The average molecular weight is 362 g/mol. The molecule has 6 heteroatoms. The van der Waals surface area contributed by atoms with Gasteiger partial charge in [-0.25, -0.2) is 9.18 Å². The number of hydrogen-bond donors (Lipinski definition) is 0. The molecule has 2 aromatic carbocycles. The van der Waals surface area contributed by atoms with Gasteiger partial charge in [0.1, 0.15) is 12.4 Å². The molecule has 2 aromatic rings. The molecule has 0 radical (unpaired) electrons. The molecule has 1 amide bonds. The first-order valence-corrected chi connectivity index (χ1v) is 8.39. The highest BCUT2D eigenvalue weighted by Crippen LogP contribution is 2.21. The summed E-state index contributed by atoms with van der Waals surface area (Å²) in [5.74, 6) is -0.947. The molecule has 1 saturated heterocycles. The van der Waals surface area contributed by atoms with Crippen LogP contribution in [0.5, 0.6) is 0 Å². The molecule has 4 nitrogen and oxygen atoms in total. The highest BCUT2D eigenvalue weighted by molar-refractivity contribution is 6.31. The van der Waals surface area contributed by atoms with E-state index >= 15 is 0 Å². The molecule has 0 bridgehead atoms. The largest absolute Gasteiger partial charge is 0.457 e. The van der Waals surface area contributed by atoms with Gasteiger partial charge >= 0.3 is 5.97 Å². The van der Waals surface area contributed by atoms with E-state index in [2.05, 4.69) is 0 Å². The van der Waals surface area contributed by atoms with E-state index in [0.29, 0.717) is 18.5 Å². The Morgan fingerprint density at radius 1 is 1.24 bits per heavy atom. The first-order chi connectivity index (χ1) is 12.0. The van der Waals surface area contributed by atoms with Crippen molar-refractivity contribution in [2.24, 2.45) is 0 Å². The molecular weight excluding hydrogens is 345 g/mol. The zero-order chi connectivity index (χ0) is 17.8. The van der Waals surface area contributed by atoms with Gasteiger partial charge in [-0.2, -0.15) is 0 Å². The van der Waals surface area contributed by atoms with Crippen molar-refractivity contribution in [1.29, 1.82) is 0 Å². The molecule has 0 saturated carbocycles. The fourth-order valence-electron chi connectivity index (χ4n) is 2.78. The second-order valence-electron chi connectivity index (χ2n) is 5.90. The van der Waals surface area contributed by atoms with Crippen LogP contribution >= 0.6 is 11.6 Å². The highest BCUT2D eigenvalue weighted by Gasteiger charge is 2.20. The van der Waals surface area contributed by atoms with Gasteiger partial charge in [0.25, 0.3) is 0 Å². The zero-order valence-electron chi connectivity index (χ0n) is 13.5. The molecule has 130 valence electrons. The van der Waals surface area contributed by atoms with Gasteiger partial charge in [0, 0.05) is 25.1 Å². The van der Waals surface area contributed by atoms with Crippen molar-refractivity contribution in [3.05, 3.63) is 70.0 Å². The van der Waals surface area contributed by atoms with E-state index in [0.717, 1.165) is 18.5 Å². The standard InChI is InChI=1S/C19H17ClFNO3/c20-16-6-2-7-17(21)15(16)12-25-19(24)14-5-1-4-13(10-14)11-22-9-3-8-18(22)23/h1-2,4-7,10H,3,8-9,11-12H2. The lowest BCUT2D eigenvalue weighted by Gasteiger charge is -2.16. The molecule has 0 unspecified atom stereocenters. The Bertz CT molecular complexity index is 789. The predicted octanol–water partition coefficient (Wildman–Crippen LogP) is 3.96. The first-order valence-electron chi connectivity index (χ1n) is 8.01. The zero-order valence-corrected chi connectivity index (χ0v) is 14.3. The van der Waals surface area contributed by atoms with Crippen LogP contribution in [-0.4, -0.2) is 23.3 Å². The van der Waals surface area contributed by atoms with Crippen molar-refractivity contribution in [3.63, 3.8) is 0 Å². The van der Waals surface area contributed by atoms with Crippen LogP contribution in [0.1, 0.15) is 34.3 Å². The van der Waals surface area contributed by atoms with Crippen LogP contribution in [0.2, 0.25) is 5.02 Å². The fraction of sp³-hybridized carbons (Fsp3) is 0.263. The summed E-state index contributed by atoms with van der Waals surface area (Å²) in [7, 11) is 0. The molecule has 1 aliphatic heterocycles. The number of benzene rings is 2. The quantitative estimate of drug-likeness (QED) is 0.757. The van der Waals surface area contributed by atoms with Gasteiger partial charge in [0.2, 0.25) is 5.91 Å². The number of rotatable bonds is 5. The van der Waals surface area contributed by atoms with E-state index in [1.54, 1.807) is 29.2 Å². The van der Waals surface area contributed by atoms with Crippen molar-refractivity contribution in [1.82, 2.24) is 4.90 Å². The number of ether oxygens (including phenoxy) is 1. The Hall–Kier alpha value is -2.40. The van der Waals surface area contributed by atoms with Crippen LogP contribution in [0.25, 0.3) is 0 Å². The minimum atomic E-state index is -0.561. The van der Waals surface area contributed by atoms with Crippen molar-refractivity contribution in [2.75, 3.05) is 6.54 Å². The number of carbonyl (C=O) groups is 2. The third-order valence-electron chi connectivity index (χ3n) is 4.12. The van der Waals surface area contributed by atoms with Gasteiger partial charge in [-0.3, -0.25) is 4.79 Å². The molecular formula is C19H17ClFNO3.